The molecule has 22 heavy (non-hydrogen) atoms. The lowest BCUT2D eigenvalue weighted by Gasteiger charge is -2.29. The average Bonchev–Trinajstić information content (AvgIpc) is 2.47. The van der Waals surface area contributed by atoms with Gasteiger partial charge in [0.25, 0.3) is 0 Å². The molecule has 2 rings (SSSR count). The van der Waals surface area contributed by atoms with E-state index in [9.17, 15) is 4.79 Å². The van der Waals surface area contributed by atoms with E-state index >= 15 is 0 Å². The van der Waals surface area contributed by atoms with Gasteiger partial charge in [-0.25, -0.2) is 0 Å². The smallest absolute Gasteiger partial charge is 0.240 e. The number of nitrogens with one attached hydrogen (secondary N) is 2. The van der Waals surface area contributed by atoms with Gasteiger partial charge in [0.1, 0.15) is 11.8 Å². The van der Waals surface area contributed by atoms with Crippen molar-refractivity contribution < 1.29 is 14.3 Å². The van der Waals surface area contributed by atoms with Gasteiger partial charge in [0, 0.05) is 18.7 Å². The molecule has 0 saturated carbocycles. The van der Waals surface area contributed by atoms with Gasteiger partial charge in [-0.1, -0.05) is 12.1 Å². The van der Waals surface area contributed by atoms with Crippen LogP contribution in [-0.2, 0) is 16.1 Å². The van der Waals surface area contributed by atoms with Crippen LogP contribution in [-0.4, -0.2) is 37.8 Å². The van der Waals surface area contributed by atoms with E-state index in [2.05, 4.69) is 10.6 Å². The maximum atomic E-state index is 12.2. The highest BCUT2D eigenvalue weighted by Crippen LogP contribution is 2.20. The zero-order valence-electron chi connectivity index (χ0n) is 13.3. The standard InChI is InChI=1S/C16H24N2O3.ClH/c1-4-20-14-9-11(2)5-6-13(14)10-18-16(19)15-12(3)21-8-7-17-15;/h5-6,9,12,15,17H,4,7-8,10H2,1-3H3,(H,18,19);1H/t12-,15+;/m1./s1. The molecule has 124 valence electrons. The highest BCUT2D eigenvalue weighted by molar-refractivity contribution is 5.85. The first kappa shape index (κ1) is 18.7. The molecule has 0 bridgehead atoms. The van der Waals surface area contributed by atoms with Crippen LogP contribution < -0.4 is 15.4 Å². The molecule has 0 spiro atoms. The third kappa shape index (κ3) is 4.87. The number of carbonyl (C=O) groups is 1. The molecule has 1 fully saturated rings. The van der Waals surface area contributed by atoms with Crippen molar-refractivity contribution in [1.82, 2.24) is 10.6 Å². The molecule has 1 aromatic rings. The summed E-state index contributed by atoms with van der Waals surface area (Å²) in [7, 11) is 0. The Morgan fingerprint density at radius 2 is 2.27 bits per heavy atom. The van der Waals surface area contributed by atoms with Crippen LogP contribution >= 0.6 is 12.4 Å². The first-order valence-electron chi connectivity index (χ1n) is 7.47. The molecular weight excluding hydrogens is 304 g/mol. The first-order valence-corrected chi connectivity index (χ1v) is 7.47. The molecule has 1 saturated heterocycles. The summed E-state index contributed by atoms with van der Waals surface area (Å²) < 4.78 is 11.1. The molecule has 0 aliphatic carbocycles. The van der Waals surface area contributed by atoms with Crippen molar-refractivity contribution in [2.24, 2.45) is 0 Å². The molecule has 6 heteroatoms. The quantitative estimate of drug-likeness (QED) is 0.865. The molecular formula is C16H25ClN2O3. The molecule has 1 aromatic carbocycles. The number of amides is 1. The molecule has 2 atom stereocenters. The summed E-state index contributed by atoms with van der Waals surface area (Å²) in [6, 6.07) is 5.72. The number of benzene rings is 1. The summed E-state index contributed by atoms with van der Waals surface area (Å²) in [5.74, 6) is 0.795. The van der Waals surface area contributed by atoms with Crippen LogP contribution in [0.1, 0.15) is 25.0 Å². The zero-order valence-corrected chi connectivity index (χ0v) is 14.2. The molecule has 0 unspecified atom stereocenters. The molecule has 1 aliphatic rings. The van der Waals surface area contributed by atoms with Crippen molar-refractivity contribution in [2.75, 3.05) is 19.8 Å². The summed E-state index contributed by atoms with van der Waals surface area (Å²) in [5, 5.41) is 6.14. The van der Waals surface area contributed by atoms with E-state index in [1.54, 1.807) is 0 Å². The Morgan fingerprint density at radius 1 is 1.50 bits per heavy atom. The number of morpholine rings is 1. The second kappa shape index (κ2) is 8.98. The summed E-state index contributed by atoms with van der Waals surface area (Å²) in [6.45, 7) is 8.31. The van der Waals surface area contributed by atoms with Crippen molar-refractivity contribution in [3.63, 3.8) is 0 Å². The summed E-state index contributed by atoms with van der Waals surface area (Å²) >= 11 is 0. The number of carbonyl (C=O) groups excluding carboxylic acids is 1. The Bertz CT molecular complexity index is 496. The lowest BCUT2D eigenvalue weighted by molar-refractivity contribution is -0.129. The summed E-state index contributed by atoms with van der Waals surface area (Å²) in [5.41, 5.74) is 2.13. The monoisotopic (exact) mass is 328 g/mol. The normalized spacial score (nSPS) is 20.9. The van der Waals surface area contributed by atoms with Crippen molar-refractivity contribution in [3.8, 4) is 5.75 Å². The topological polar surface area (TPSA) is 59.6 Å². The van der Waals surface area contributed by atoms with Gasteiger partial charge < -0.3 is 20.1 Å². The van der Waals surface area contributed by atoms with Crippen LogP contribution in [0.4, 0.5) is 0 Å². The Morgan fingerprint density at radius 3 is 2.95 bits per heavy atom. The highest BCUT2D eigenvalue weighted by atomic mass is 35.5. The van der Waals surface area contributed by atoms with Crippen LogP contribution in [0.25, 0.3) is 0 Å². The van der Waals surface area contributed by atoms with Gasteiger partial charge in [-0.2, -0.15) is 0 Å². The van der Waals surface area contributed by atoms with Crippen molar-refractivity contribution in [3.05, 3.63) is 29.3 Å². The predicted molar refractivity (Wildman–Crippen MR) is 88.6 cm³/mol. The van der Waals surface area contributed by atoms with Gasteiger partial charge in [-0.05, 0) is 32.4 Å². The van der Waals surface area contributed by atoms with E-state index in [1.165, 1.54) is 0 Å². The number of ether oxygens (including phenoxy) is 2. The molecule has 5 nitrogen and oxygen atoms in total. The van der Waals surface area contributed by atoms with Gasteiger partial charge in [0.05, 0.1) is 19.3 Å². The van der Waals surface area contributed by atoms with E-state index in [4.69, 9.17) is 9.47 Å². The average molecular weight is 329 g/mol. The van der Waals surface area contributed by atoms with Gasteiger partial charge in [0.2, 0.25) is 5.91 Å². The predicted octanol–water partition coefficient (Wildman–Crippen LogP) is 1.81. The van der Waals surface area contributed by atoms with Crippen LogP contribution in [0.2, 0.25) is 0 Å². The second-order valence-electron chi connectivity index (χ2n) is 5.27. The number of rotatable bonds is 5. The Balaban J connectivity index is 0.00000242. The minimum atomic E-state index is -0.292. The van der Waals surface area contributed by atoms with Crippen molar-refractivity contribution >= 4 is 18.3 Å². The zero-order chi connectivity index (χ0) is 15.2. The minimum absolute atomic E-state index is 0. The summed E-state index contributed by atoms with van der Waals surface area (Å²) in [4.78, 5) is 12.2. The fraction of sp³-hybridized carbons (Fsp3) is 0.562. The maximum Gasteiger partial charge on any atom is 0.240 e. The third-order valence-electron chi connectivity index (χ3n) is 3.57. The van der Waals surface area contributed by atoms with Crippen molar-refractivity contribution in [2.45, 2.75) is 39.5 Å². The largest absolute Gasteiger partial charge is 0.494 e. The van der Waals surface area contributed by atoms with Crippen LogP contribution in [0, 0.1) is 6.92 Å². The minimum Gasteiger partial charge on any atom is -0.494 e. The molecule has 0 aromatic heterocycles. The Hall–Kier alpha value is -1.30. The SMILES string of the molecule is CCOc1cc(C)ccc1CNC(=O)[C@H]1NCCO[C@@H]1C.Cl. The van der Waals surface area contributed by atoms with E-state index in [0.29, 0.717) is 26.3 Å². The third-order valence-corrected chi connectivity index (χ3v) is 3.57. The molecule has 1 aliphatic heterocycles. The number of aryl methyl sites for hydroxylation is 1. The molecule has 1 amide bonds. The number of halogens is 1. The molecule has 0 radical (unpaired) electrons. The fourth-order valence-corrected chi connectivity index (χ4v) is 2.42. The summed E-state index contributed by atoms with van der Waals surface area (Å²) in [6.07, 6.45) is -0.108. The van der Waals surface area contributed by atoms with Crippen molar-refractivity contribution in [1.29, 1.82) is 0 Å². The lowest BCUT2D eigenvalue weighted by Crippen LogP contribution is -2.55. The van der Waals surface area contributed by atoms with E-state index in [0.717, 1.165) is 16.9 Å². The molecule has 1 heterocycles. The lowest BCUT2D eigenvalue weighted by atomic mass is 10.1. The second-order valence-corrected chi connectivity index (χ2v) is 5.27. The van der Waals surface area contributed by atoms with Crippen LogP contribution in [0.5, 0.6) is 5.75 Å². The van der Waals surface area contributed by atoms with Crippen LogP contribution in [0.3, 0.4) is 0 Å². The van der Waals surface area contributed by atoms with Gasteiger partial charge in [-0.15, -0.1) is 12.4 Å². The fourth-order valence-electron chi connectivity index (χ4n) is 2.42. The first-order chi connectivity index (χ1) is 10.1. The highest BCUT2D eigenvalue weighted by Gasteiger charge is 2.28. The van der Waals surface area contributed by atoms with Gasteiger partial charge >= 0.3 is 0 Å². The Kier molecular flexibility index (Phi) is 7.65. The Labute approximate surface area is 138 Å². The number of hydrogen-bond acceptors (Lipinski definition) is 4. The van der Waals surface area contributed by atoms with E-state index < -0.39 is 0 Å². The van der Waals surface area contributed by atoms with Gasteiger partial charge in [-0.3, -0.25) is 4.79 Å². The van der Waals surface area contributed by atoms with E-state index in [1.807, 2.05) is 39.0 Å². The van der Waals surface area contributed by atoms with Crippen LogP contribution in [0.15, 0.2) is 18.2 Å². The maximum absolute atomic E-state index is 12.2. The molecule has 2 N–H and O–H groups in total. The van der Waals surface area contributed by atoms with E-state index in [-0.39, 0.29) is 30.5 Å². The number of hydrogen-bond donors (Lipinski definition) is 2. The van der Waals surface area contributed by atoms with Gasteiger partial charge in [0.15, 0.2) is 0 Å².